The zero-order valence-corrected chi connectivity index (χ0v) is 14.3. The van der Waals surface area contributed by atoms with Crippen LogP contribution in [0.25, 0.3) is 0 Å². The van der Waals surface area contributed by atoms with E-state index in [0.717, 1.165) is 35.0 Å². The molecule has 0 aliphatic carbocycles. The molecule has 1 aromatic carbocycles. The molecule has 1 aliphatic rings. The van der Waals surface area contributed by atoms with E-state index >= 15 is 0 Å². The van der Waals surface area contributed by atoms with Crippen molar-refractivity contribution in [3.63, 3.8) is 0 Å². The number of halogens is 1. The monoisotopic (exact) mass is 354 g/mol. The quantitative estimate of drug-likeness (QED) is 0.730. The van der Waals surface area contributed by atoms with Gasteiger partial charge in [-0.15, -0.1) is 0 Å². The van der Waals surface area contributed by atoms with Gasteiger partial charge in [-0.25, -0.2) is 4.39 Å². The molecule has 1 aliphatic heterocycles. The minimum absolute atomic E-state index is 0.00807. The van der Waals surface area contributed by atoms with Gasteiger partial charge < -0.3 is 19.2 Å². The number of carbonyl (C=O) groups is 1. The van der Waals surface area contributed by atoms with E-state index < -0.39 is 0 Å². The second kappa shape index (κ2) is 7.17. The van der Waals surface area contributed by atoms with Gasteiger partial charge in [-0.3, -0.25) is 4.79 Å². The first-order chi connectivity index (χ1) is 12.7. The number of benzene rings is 1. The maximum absolute atomic E-state index is 13.3. The Kier molecular flexibility index (Phi) is 4.58. The Morgan fingerprint density at radius 1 is 1.23 bits per heavy atom. The van der Waals surface area contributed by atoms with Crippen LogP contribution in [0, 0.1) is 5.82 Å². The molecule has 5 nitrogen and oxygen atoms in total. The van der Waals surface area contributed by atoms with E-state index in [9.17, 15) is 9.18 Å². The third-order valence-electron chi connectivity index (χ3n) is 4.87. The van der Waals surface area contributed by atoms with Crippen molar-refractivity contribution in [2.24, 2.45) is 0 Å². The summed E-state index contributed by atoms with van der Waals surface area (Å²) < 4.78 is 20.8. The number of fused-ring (bicyclic) bond motifs is 1. The van der Waals surface area contributed by atoms with Crippen molar-refractivity contribution >= 4 is 5.91 Å². The van der Waals surface area contributed by atoms with Crippen molar-refractivity contribution in [3.05, 3.63) is 83.8 Å². The highest BCUT2D eigenvalue weighted by Crippen LogP contribution is 2.22. The van der Waals surface area contributed by atoms with Crippen molar-refractivity contribution in [1.82, 2.24) is 9.88 Å². The minimum atomic E-state index is -0.252. The first kappa shape index (κ1) is 16.6. The van der Waals surface area contributed by atoms with E-state index in [2.05, 4.69) is 22.1 Å². The van der Waals surface area contributed by atoms with Crippen LogP contribution < -0.4 is 10.2 Å². The zero-order chi connectivity index (χ0) is 17.9. The Labute approximate surface area is 151 Å². The number of amides is 1. The van der Waals surface area contributed by atoms with E-state index in [1.165, 1.54) is 12.1 Å². The lowest BCUT2D eigenvalue weighted by atomic mass is 10.00. The number of furan rings is 1. The van der Waals surface area contributed by atoms with Crippen molar-refractivity contribution in [3.8, 4) is 0 Å². The van der Waals surface area contributed by atoms with Gasteiger partial charge in [0.05, 0.1) is 31.6 Å². The van der Waals surface area contributed by atoms with Crippen molar-refractivity contribution in [1.29, 1.82) is 0 Å². The lowest BCUT2D eigenvalue weighted by molar-refractivity contribution is -0.922. The molecule has 0 spiro atoms. The first-order valence-corrected chi connectivity index (χ1v) is 8.75. The van der Waals surface area contributed by atoms with Crippen LogP contribution in [0.5, 0.6) is 0 Å². The fourth-order valence-electron chi connectivity index (χ4n) is 3.63. The van der Waals surface area contributed by atoms with E-state index in [1.54, 1.807) is 12.3 Å². The number of nitrogens with zero attached hydrogens (tertiary/aromatic N) is 1. The Morgan fingerprint density at radius 3 is 2.85 bits per heavy atom. The molecule has 3 aromatic rings. The zero-order valence-electron chi connectivity index (χ0n) is 14.3. The molecule has 26 heavy (non-hydrogen) atoms. The second-order valence-corrected chi connectivity index (χ2v) is 6.55. The van der Waals surface area contributed by atoms with Gasteiger partial charge in [-0.05, 0) is 48.5 Å². The predicted octanol–water partition coefficient (Wildman–Crippen LogP) is 1.52. The number of rotatable bonds is 5. The first-order valence-electron chi connectivity index (χ1n) is 8.75. The molecular formula is C20H21FN3O2+. The molecule has 0 fully saturated rings. The highest BCUT2D eigenvalue weighted by atomic mass is 19.1. The van der Waals surface area contributed by atoms with Crippen LogP contribution in [0.3, 0.4) is 0 Å². The Balaban J connectivity index is 1.52. The average Bonchev–Trinajstić information content (AvgIpc) is 3.32. The maximum Gasteiger partial charge on any atom is 0.275 e. The summed E-state index contributed by atoms with van der Waals surface area (Å²) in [6, 6.07) is 14.3. The van der Waals surface area contributed by atoms with E-state index in [-0.39, 0.29) is 17.8 Å². The summed E-state index contributed by atoms with van der Waals surface area (Å²) in [5, 5.41) is 2.91. The lowest BCUT2D eigenvalue weighted by Gasteiger charge is -2.33. The highest BCUT2D eigenvalue weighted by molar-refractivity contribution is 5.76. The fraction of sp³-hybridized carbons (Fsp3) is 0.250. The van der Waals surface area contributed by atoms with Crippen LogP contribution in [0.2, 0.25) is 0 Å². The van der Waals surface area contributed by atoms with E-state index in [4.69, 9.17) is 4.42 Å². The average molecular weight is 354 g/mol. The topological polar surface area (TPSA) is 51.6 Å². The minimum Gasteiger partial charge on any atom is -0.467 e. The maximum atomic E-state index is 13.3. The molecule has 0 saturated heterocycles. The summed E-state index contributed by atoms with van der Waals surface area (Å²) in [5.74, 6) is 0.456. The molecule has 1 unspecified atom stereocenters. The van der Waals surface area contributed by atoms with Crippen molar-refractivity contribution in [2.45, 2.75) is 19.1 Å². The number of carbonyl (C=O) groups excluding carboxylic acids is 1. The second-order valence-electron chi connectivity index (χ2n) is 6.55. The van der Waals surface area contributed by atoms with Gasteiger partial charge >= 0.3 is 0 Å². The normalized spacial score (nSPS) is 19.1. The van der Waals surface area contributed by atoms with Crippen LogP contribution in [0.15, 0.2) is 65.4 Å². The lowest BCUT2D eigenvalue weighted by Crippen LogP contribution is -3.14. The number of nitrogens with one attached hydrogen (secondary N) is 2. The number of aromatic nitrogens is 1. The Bertz CT molecular complexity index is 871. The van der Waals surface area contributed by atoms with Crippen LogP contribution in [-0.4, -0.2) is 23.6 Å². The Morgan fingerprint density at radius 2 is 2.08 bits per heavy atom. The molecule has 134 valence electrons. The van der Waals surface area contributed by atoms with Gasteiger partial charge in [0, 0.05) is 11.8 Å². The molecule has 2 N–H and O–H groups in total. The summed E-state index contributed by atoms with van der Waals surface area (Å²) >= 11 is 0. The molecule has 2 atom stereocenters. The van der Waals surface area contributed by atoms with Gasteiger partial charge in [-0.1, -0.05) is 0 Å². The van der Waals surface area contributed by atoms with Crippen LogP contribution >= 0.6 is 0 Å². The molecule has 2 aromatic heterocycles. The molecular weight excluding hydrogens is 333 g/mol. The van der Waals surface area contributed by atoms with Crippen LogP contribution in [0.4, 0.5) is 4.39 Å². The SMILES string of the molecule is O=C(C[NH+]1CCn2cccc2[C@H]1c1ccc(F)cc1)NCc1ccco1. The number of hydrogen-bond donors (Lipinski definition) is 2. The molecule has 0 bridgehead atoms. The van der Waals surface area contributed by atoms with E-state index in [1.807, 2.05) is 24.3 Å². The van der Waals surface area contributed by atoms with Crippen molar-refractivity contribution in [2.75, 3.05) is 13.1 Å². The summed E-state index contributed by atoms with van der Waals surface area (Å²) in [6.45, 7) is 2.43. The van der Waals surface area contributed by atoms with Gasteiger partial charge in [0.15, 0.2) is 12.6 Å². The molecule has 0 saturated carbocycles. The van der Waals surface area contributed by atoms with Crippen LogP contribution in [-0.2, 0) is 17.9 Å². The molecule has 6 heteroatoms. The predicted molar refractivity (Wildman–Crippen MR) is 93.9 cm³/mol. The summed E-state index contributed by atoms with van der Waals surface area (Å²) in [5.41, 5.74) is 2.16. The van der Waals surface area contributed by atoms with Gasteiger partial charge in [0.2, 0.25) is 0 Å². The number of quaternary nitrogens is 1. The molecule has 0 radical (unpaired) electrons. The third kappa shape index (κ3) is 3.41. The summed E-state index contributed by atoms with van der Waals surface area (Å²) in [6.07, 6.45) is 3.65. The summed E-state index contributed by atoms with van der Waals surface area (Å²) in [7, 11) is 0. The van der Waals surface area contributed by atoms with Gasteiger partial charge in [0.1, 0.15) is 11.6 Å². The standard InChI is InChI=1S/C20H20FN3O2/c21-16-7-5-15(6-8-16)20-18-4-1-9-23(18)10-11-24(20)14-19(25)22-13-17-3-2-12-26-17/h1-9,12,20H,10-11,13-14H2,(H,22,25)/p+1/t20-/m1/s1. The largest absolute Gasteiger partial charge is 0.467 e. The highest BCUT2D eigenvalue weighted by Gasteiger charge is 2.33. The fourth-order valence-corrected chi connectivity index (χ4v) is 3.63. The van der Waals surface area contributed by atoms with Crippen molar-refractivity contribution < 1.29 is 18.5 Å². The molecule has 4 rings (SSSR count). The van der Waals surface area contributed by atoms with E-state index in [0.29, 0.717) is 13.1 Å². The van der Waals surface area contributed by atoms with Gasteiger partial charge in [-0.2, -0.15) is 0 Å². The van der Waals surface area contributed by atoms with Crippen LogP contribution in [0.1, 0.15) is 23.1 Å². The summed E-state index contributed by atoms with van der Waals surface area (Å²) in [4.78, 5) is 13.6. The molecule has 1 amide bonds. The Hall–Kier alpha value is -2.86. The number of hydrogen-bond acceptors (Lipinski definition) is 2. The van der Waals surface area contributed by atoms with Gasteiger partial charge in [0.25, 0.3) is 5.91 Å². The smallest absolute Gasteiger partial charge is 0.275 e. The molecule has 3 heterocycles. The third-order valence-corrected chi connectivity index (χ3v) is 4.87.